The predicted octanol–water partition coefficient (Wildman–Crippen LogP) is 7.15. The lowest BCUT2D eigenvalue weighted by atomic mass is 10.1. The van der Waals surface area contributed by atoms with Crippen LogP contribution < -0.4 is 14.6 Å². The van der Waals surface area contributed by atoms with E-state index in [2.05, 4.69) is 63.6 Å². The van der Waals surface area contributed by atoms with Crippen molar-refractivity contribution >= 4 is 68.7 Å². The number of benzene rings is 2. The maximum Gasteiger partial charge on any atom is 0.360 e. The molecule has 11 nitrogen and oxygen atoms in total. The zero-order chi connectivity index (χ0) is 34.5. The zero-order valence-electron chi connectivity index (χ0n) is 28.9. The van der Waals surface area contributed by atoms with Crippen molar-refractivity contribution in [2.75, 3.05) is 43.2 Å². The van der Waals surface area contributed by atoms with Crippen molar-refractivity contribution < 1.29 is 19.0 Å². The average molecular weight is 718 g/mol. The minimum atomic E-state index is -1.20. The van der Waals surface area contributed by atoms with Crippen molar-refractivity contribution in [1.82, 2.24) is 19.7 Å². The van der Waals surface area contributed by atoms with E-state index in [1.807, 2.05) is 55.3 Å². The molecule has 0 unspecified atom stereocenters. The Morgan fingerprint density at radius 3 is 2.55 bits per heavy atom. The Balaban J connectivity index is 1.20. The quantitative estimate of drug-likeness (QED) is 0.0673. The number of nitrogens with zero attached hydrogens (tertiary/aromatic N) is 7. The highest BCUT2D eigenvalue weighted by atomic mass is 32.1. The molecule has 3 aromatic heterocycles. The number of rotatable bonds is 14. The number of carbonyl (C=O) groups excluding carboxylic acids is 1. The Hall–Kier alpha value is -3.95. The first-order chi connectivity index (χ1) is 23.6. The van der Waals surface area contributed by atoms with E-state index in [0.29, 0.717) is 48.9 Å². The lowest BCUT2D eigenvalue weighted by molar-refractivity contribution is 0.0224. The Morgan fingerprint density at radius 1 is 1.06 bits per heavy atom. The third-order valence-corrected chi connectivity index (χ3v) is 12.1. The summed E-state index contributed by atoms with van der Waals surface area (Å²) in [5, 5.41) is 10.4. The number of hydrogen-bond acceptors (Lipinski definition) is 12. The number of ether oxygens (including phenoxy) is 3. The Morgan fingerprint density at radius 2 is 1.82 bits per heavy atom. The van der Waals surface area contributed by atoms with Gasteiger partial charge < -0.3 is 24.0 Å². The fraction of sp³-hybridized carbons (Fsp3) is 0.400. The highest BCUT2D eigenvalue weighted by molar-refractivity contribution is 7.20. The molecule has 5 aromatic rings. The number of fused-ring (bicyclic) bond motifs is 1. The molecule has 0 spiro atoms. The van der Waals surface area contributed by atoms with Crippen LogP contribution in [0.4, 0.5) is 21.8 Å². The second kappa shape index (κ2) is 15.3. The molecule has 0 amide bonds. The number of para-hydroxylation sites is 1. The van der Waals surface area contributed by atoms with Gasteiger partial charge in [0.25, 0.3) is 0 Å². The Kier molecular flexibility index (Phi) is 10.9. The van der Waals surface area contributed by atoms with Gasteiger partial charge in [0.05, 0.1) is 29.5 Å². The Bertz CT molecular complexity index is 1970. The summed E-state index contributed by atoms with van der Waals surface area (Å²) in [5.41, 5.74) is 3.38. The minimum Gasteiger partial charge on any atom is -0.461 e. The van der Waals surface area contributed by atoms with Gasteiger partial charge in [0.2, 0.25) is 0 Å². The fourth-order valence-electron chi connectivity index (χ4n) is 5.18. The van der Waals surface area contributed by atoms with Crippen molar-refractivity contribution in [3.63, 3.8) is 0 Å². The van der Waals surface area contributed by atoms with Crippen LogP contribution in [0.3, 0.4) is 0 Å². The van der Waals surface area contributed by atoms with Gasteiger partial charge in [0, 0.05) is 34.8 Å². The zero-order valence-corrected chi connectivity index (χ0v) is 31.5. The van der Waals surface area contributed by atoms with Crippen LogP contribution in [0.2, 0.25) is 25.7 Å². The van der Waals surface area contributed by atoms with Crippen LogP contribution in [0.1, 0.15) is 28.5 Å². The van der Waals surface area contributed by atoms with E-state index in [1.165, 1.54) is 11.3 Å². The second-order valence-electron chi connectivity index (χ2n) is 13.2. The predicted molar refractivity (Wildman–Crippen MR) is 199 cm³/mol. The van der Waals surface area contributed by atoms with Crippen LogP contribution in [0.5, 0.6) is 0 Å². The monoisotopic (exact) mass is 717 g/mol. The summed E-state index contributed by atoms with van der Waals surface area (Å²) in [6.07, 6.45) is 0.0691. The molecule has 1 fully saturated rings. The van der Waals surface area contributed by atoms with Gasteiger partial charge >= 0.3 is 5.97 Å². The van der Waals surface area contributed by atoms with Gasteiger partial charge in [-0.25, -0.2) is 9.78 Å². The largest absolute Gasteiger partial charge is 0.461 e. The van der Waals surface area contributed by atoms with Gasteiger partial charge in [-0.05, 0) is 49.2 Å². The molecule has 2 aromatic carbocycles. The third-order valence-electron chi connectivity index (χ3n) is 8.11. The van der Waals surface area contributed by atoms with Crippen LogP contribution in [0, 0.1) is 6.92 Å². The van der Waals surface area contributed by atoms with Gasteiger partial charge in [0.1, 0.15) is 11.7 Å². The van der Waals surface area contributed by atoms with Crippen molar-refractivity contribution in [3.05, 3.63) is 82.3 Å². The van der Waals surface area contributed by atoms with E-state index in [0.717, 1.165) is 43.8 Å². The molecule has 0 N–H and O–H groups in total. The Labute approximate surface area is 295 Å². The molecule has 14 heteroatoms. The molecule has 258 valence electrons. The third kappa shape index (κ3) is 8.44. The summed E-state index contributed by atoms with van der Waals surface area (Å²) in [4.78, 5) is 27.4. The van der Waals surface area contributed by atoms with Crippen molar-refractivity contribution in [2.45, 2.75) is 59.0 Å². The number of aryl methyl sites for hydroxylation is 1. The normalized spacial score (nSPS) is 14.0. The van der Waals surface area contributed by atoms with Crippen LogP contribution in [0.25, 0.3) is 10.2 Å². The molecule has 6 rings (SSSR count). The van der Waals surface area contributed by atoms with Gasteiger partial charge in [0.15, 0.2) is 27.3 Å². The van der Waals surface area contributed by atoms with Gasteiger partial charge in [-0.1, -0.05) is 84.8 Å². The van der Waals surface area contributed by atoms with E-state index in [4.69, 9.17) is 24.2 Å². The van der Waals surface area contributed by atoms with E-state index in [1.54, 1.807) is 18.3 Å². The molecule has 49 heavy (non-hydrogen) atoms. The highest BCUT2D eigenvalue weighted by Crippen LogP contribution is 2.39. The van der Waals surface area contributed by atoms with Crippen molar-refractivity contribution in [3.8, 4) is 0 Å². The molecule has 1 saturated heterocycles. The number of aromatic nitrogens is 4. The smallest absolute Gasteiger partial charge is 0.360 e. The molecule has 0 saturated carbocycles. The summed E-state index contributed by atoms with van der Waals surface area (Å²) in [7, 11) is 0.674. The number of carbonyl (C=O) groups is 1. The topological polar surface area (TPSA) is 107 Å². The van der Waals surface area contributed by atoms with Crippen molar-refractivity contribution in [1.29, 1.82) is 0 Å². The molecular formula is C35H43N7O4S2Si. The van der Waals surface area contributed by atoms with Crippen LogP contribution in [-0.4, -0.2) is 73.2 Å². The van der Waals surface area contributed by atoms with E-state index in [9.17, 15) is 4.79 Å². The summed E-state index contributed by atoms with van der Waals surface area (Å²) in [5.74, 6) is 0.687. The minimum absolute atomic E-state index is 0.0691. The summed E-state index contributed by atoms with van der Waals surface area (Å²) in [6, 6.07) is 21.4. The van der Waals surface area contributed by atoms with Gasteiger partial charge in [-0.2, -0.15) is 4.99 Å². The van der Waals surface area contributed by atoms with Crippen LogP contribution in [0.15, 0.2) is 65.7 Å². The SMILES string of the molecule is CCOC(=O)c1nc(N(C)c2cc(C)c(N=c3sc4ccccc4n3COCC[Si](C)(C)C)nn2)sc1N1CC(OCc2ccccc2)C1. The maximum atomic E-state index is 13.0. The molecule has 0 aliphatic carbocycles. The van der Waals surface area contributed by atoms with Gasteiger partial charge in [-0.15, -0.1) is 10.2 Å². The first-order valence-electron chi connectivity index (χ1n) is 16.5. The van der Waals surface area contributed by atoms with E-state index in [-0.39, 0.29) is 12.7 Å². The maximum absolute atomic E-state index is 13.0. The first-order valence-corrected chi connectivity index (χ1v) is 21.8. The van der Waals surface area contributed by atoms with Crippen molar-refractivity contribution in [2.24, 2.45) is 4.99 Å². The van der Waals surface area contributed by atoms with E-state index < -0.39 is 14.0 Å². The van der Waals surface area contributed by atoms with E-state index >= 15 is 0 Å². The van der Waals surface area contributed by atoms with Gasteiger partial charge in [-0.3, -0.25) is 4.57 Å². The van der Waals surface area contributed by atoms with Crippen LogP contribution in [-0.2, 0) is 27.5 Å². The molecule has 0 atom stereocenters. The second-order valence-corrected chi connectivity index (χ2v) is 20.8. The average Bonchev–Trinajstić information content (AvgIpc) is 3.65. The number of hydrogen-bond donors (Lipinski definition) is 0. The number of thiazole rings is 2. The lowest BCUT2D eigenvalue weighted by Gasteiger charge is -2.39. The molecular weight excluding hydrogens is 675 g/mol. The number of esters is 1. The summed E-state index contributed by atoms with van der Waals surface area (Å²) >= 11 is 3.03. The molecule has 4 heterocycles. The fourth-order valence-corrected chi connectivity index (χ4v) is 8.00. The van der Waals surface area contributed by atoms with Crippen LogP contribution >= 0.6 is 22.7 Å². The molecule has 1 aliphatic rings. The molecule has 1 aliphatic heterocycles. The highest BCUT2D eigenvalue weighted by Gasteiger charge is 2.34. The standard InChI is InChI=1S/C35H43N7O4S2Si/c1-7-45-33(43)30-32(41-20-26(21-41)46-22-25-13-9-8-10-14-25)48-34(36-30)40(3)29-19-24(2)31(39-38-29)37-35-42(23-44-17-18-49(4,5)6)27-15-11-12-16-28(27)47-35/h8-16,19,26H,7,17-18,20-23H2,1-6H3. The summed E-state index contributed by atoms with van der Waals surface area (Å²) < 4.78 is 20.8. The lowest BCUT2D eigenvalue weighted by Crippen LogP contribution is -2.52. The number of anilines is 3. The molecule has 0 radical (unpaired) electrons. The summed E-state index contributed by atoms with van der Waals surface area (Å²) in [6.45, 7) is 14.1. The first kappa shape index (κ1) is 34.9. The molecule has 0 bridgehead atoms.